The summed E-state index contributed by atoms with van der Waals surface area (Å²) in [4.78, 5) is 48.1. The highest BCUT2D eigenvalue weighted by atomic mass is 16.7. The standard InChI is InChI=1S/C11H16O8.C6H7NO2/c1-4(12)7(15)8-10(17,5(2)13)11(18,6(3)14)9(16)19-8;8-6(9)5-2-1-3-7-4-5/h7-9,15-18H,1-3H3;3-4H,1-2H2,(H,8,9)/t7?,8-,9?,10-,11+;/m1./s1. The van der Waals surface area contributed by atoms with Gasteiger partial charge in [-0.2, -0.15) is 0 Å². The predicted molar refractivity (Wildman–Crippen MR) is 92.3 cm³/mol. The summed E-state index contributed by atoms with van der Waals surface area (Å²) in [7, 11) is 0. The van der Waals surface area contributed by atoms with E-state index in [1.165, 1.54) is 6.20 Å². The molecule has 0 aromatic rings. The first kappa shape index (κ1) is 23.7. The van der Waals surface area contributed by atoms with Gasteiger partial charge in [-0.3, -0.25) is 19.4 Å². The van der Waals surface area contributed by atoms with E-state index in [0.717, 1.165) is 27.2 Å². The van der Waals surface area contributed by atoms with Crippen LogP contribution in [0.15, 0.2) is 16.8 Å². The number of hydrogen-bond acceptors (Lipinski definition) is 10. The van der Waals surface area contributed by atoms with Crippen LogP contribution in [0.5, 0.6) is 0 Å². The second kappa shape index (κ2) is 8.80. The summed E-state index contributed by atoms with van der Waals surface area (Å²) in [6, 6.07) is 0. The second-order valence-corrected chi connectivity index (χ2v) is 6.44. The van der Waals surface area contributed by atoms with Crippen LogP contribution in [0.4, 0.5) is 0 Å². The zero-order chi connectivity index (χ0) is 21.9. The molecule has 2 unspecified atom stereocenters. The topological polar surface area (TPSA) is 191 Å². The molecule has 156 valence electrons. The van der Waals surface area contributed by atoms with Gasteiger partial charge in [0.25, 0.3) is 0 Å². The number of carbonyl (C=O) groups is 4. The molecule has 2 aliphatic rings. The fourth-order valence-corrected chi connectivity index (χ4v) is 2.83. The Kier molecular flexibility index (Phi) is 7.45. The molecule has 0 radical (unpaired) electrons. The van der Waals surface area contributed by atoms with E-state index in [1.54, 1.807) is 6.21 Å². The SMILES string of the molecule is CC(=O)C(O)[C@H]1OC(O)[C@@](O)(C(C)=O)[C@@]1(O)C(C)=O.O=C(O)C1=CN=CCC1. The molecule has 0 bridgehead atoms. The molecule has 28 heavy (non-hydrogen) atoms. The van der Waals surface area contributed by atoms with Gasteiger partial charge in [-0.05, 0) is 33.6 Å². The number of carboxylic acid groups (broad SMARTS) is 1. The lowest BCUT2D eigenvalue weighted by atomic mass is 9.74. The Balaban J connectivity index is 0.000000362. The van der Waals surface area contributed by atoms with Crippen molar-refractivity contribution in [2.45, 2.75) is 63.3 Å². The zero-order valence-corrected chi connectivity index (χ0v) is 15.5. The summed E-state index contributed by atoms with van der Waals surface area (Å²) >= 11 is 0. The molecule has 0 aliphatic carbocycles. The number of aliphatic hydroxyl groups is 4. The van der Waals surface area contributed by atoms with Crippen LogP contribution < -0.4 is 0 Å². The number of aliphatic carboxylic acids is 1. The molecular formula is C17H23NO10. The summed E-state index contributed by atoms with van der Waals surface area (Å²) in [6.45, 7) is 2.64. The van der Waals surface area contributed by atoms with Crippen molar-refractivity contribution in [2.75, 3.05) is 0 Å². The fraction of sp³-hybridized carbons (Fsp3) is 0.588. The number of carboxylic acids is 1. The van der Waals surface area contributed by atoms with Gasteiger partial charge in [0, 0.05) is 12.4 Å². The molecule has 5 N–H and O–H groups in total. The van der Waals surface area contributed by atoms with Crippen molar-refractivity contribution in [1.29, 1.82) is 0 Å². The van der Waals surface area contributed by atoms with Crippen molar-refractivity contribution < 1.29 is 49.4 Å². The maximum Gasteiger partial charge on any atom is 0.333 e. The highest BCUT2D eigenvalue weighted by Crippen LogP contribution is 2.42. The van der Waals surface area contributed by atoms with Crippen LogP contribution >= 0.6 is 0 Å². The third kappa shape index (κ3) is 4.08. The lowest BCUT2D eigenvalue weighted by Crippen LogP contribution is -2.68. The molecule has 5 atom stereocenters. The number of nitrogens with zero attached hydrogens (tertiary/aromatic N) is 1. The molecule has 1 saturated heterocycles. The molecule has 2 aliphatic heterocycles. The molecule has 0 aromatic carbocycles. The van der Waals surface area contributed by atoms with Gasteiger partial charge in [0.05, 0.1) is 5.57 Å². The van der Waals surface area contributed by atoms with Crippen LogP contribution in [0.25, 0.3) is 0 Å². The molecule has 1 fully saturated rings. The summed E-state index contributed by atoms with van der Waals surface area (Å²) in [6.07, 6.45) is -1.68. The summed E-state index contributed by atoms with van der Waals surface area (Å²) in [5.41, 5.74) is -5.46. The van der Waals surface area contributed by atoms with E-state index in [9.17, 15) is 39.6 Å². The van der Waals surface area contributed by atoms with Crippen molar-refractivity contribution in [1.82, 2.24) is 0 Å². The van der Waals surface area contributed by atoms with Crippen LogP contribution in [0, 0.1) is 0 Å². The molecule has 11 heteroatoms. The van der Waals surface area contributed by atoms with E-state index in [1.807, 2.05) is 0 Å². The molecule has 11 nitrogen and oxygen atoms in total. The minimum atomic E-state index is -2.94. The maximum atomic E-state index is 11.6. The van der Waals surface area contributed by atoms with Crippen LogP contribution in [0.3, 0.4) is 0 Å². The number of Topliss-reactive ketones (excluding diaryl/α,β-unsaturated/α-hetero) is 3. The Labute approximate surface area is 160 Å². The average Bonchev–Trinajstić information content (AvgIpc) is 2.85. The van der Waals surface area contributed by atoms with Gasteiger partial charge in [0.15, 0.2) is 29.2 Å². The van der Waals surface area contributed by atoms with Crippen LogP contribution in [-0.4, -0.2) is 84.8 Å². The van der Waals surface area contributed by atoms with Crippen molar-refractivity contribution >= 4 is 29.5 Å². The maximum absolute atomic E-state index is 11.6. The highest BCUT2D eigenvalue weighted by Gasteiger charge is 2.72. The van der Waals surface area contributed by atoms with E-state index in [4.69, 9.17) is 5.11 Å². The van der Waals surface area contributed by atoms with Gasteiger partial charge in [-0.15, -0.1) is 0 Å². The first-order chi connectivity index (χ1) is 12.8. The summed E-state index contributed by atoms with van der Waals surface area (Å²) in [5.74, 6) is -3.96. The number of rotatable bonds is 5. The normalized spacial score (nSPS) is 32.6. The van der Waals surface area contributed by atoms with Gasteiger partial charge >= 0.3 is 5.97 Å². The van der Waals surface area contributed by atoms with Gasteiger partial charge in [-0.25, -0.2) is 4.79 Å². The Morgan fingerprint density at radius 3 is 2.00 bits per heavy atom. The quantitative estimate of drug-likeness (QED) is 0.348. The predicted octanol–water partition coefficient (Wildman–Crippen LogP) is -1.89. The van der Waals surface area contributed by atoms with Crippen LogP contribution in [0.2, 0.25) is 0 Å². The Morgan fingerprint density at radius 2 is 1.68 bits per heavy atom. The van der Waals surface area contributed by atoms with Crippen molar-refractivity contribution in [3.05, 3.63) is 11.8 Å². The lowest BCUT2D eigenvalue weighted by Gasteiger charge is -2.36. The molecule has 0 spiro atoms. The molecule has 0 aromatic heterocycles. The van der Waals surface area contributed by atoms with E-state index < -0.39 is 53.0 Å². The monoisotopic (exact) mass is 401 g/mol. The third-order valence-corrected chi connectivity index (χ3v) is 4.56. The Hall–Kier alpha value is -2.31. The highest BCUT2D eigenvalue weighted by molar-refractivity contribution is 5.99. The van der Waals surface area contributed by atoms with Crippen molar-refractivity contribution in [3.8, 4) is 0 Å². The van der Waals surface area contributed by atoms with Gasteiger partial charge in [0.2, 0.25) is 5.60 Å². The molecule has 2 rings (SSSR count). The molecule has 2 heterocycles. The van der Waals surface area contributed by atoms with Crippen LogP contribution in [-0.2, 0) is 23.9 Å². The third-order valence-electron chi connectivity index (χ3n) is 4.56. The fourth-order valence-electron chi connectivity index (χ4n) is 2.83. The van der Waals surface area contributed by atoms with Crippen molar-refractivity contribution in [2.24, 2.45) is 4.99 Å². The first-order valence-corrected chi connectivity index (χ1v) is 8.24. The second-order valence-electron chi connectivity index (χ2n) is 6.44. The Morgan fingerprint density at radius 1 is 1.14 bits per heavy atom. The molecular weight excluding hydrogens is 378 g/mol. The smallest absolute Gasteiger partial charge is 0.333 e. The Bertz CT molecular complexity index is 729. The van der Waals surface area contributed by atoms with Gasteiger partial charge in [-0.1, -0.05) is 0 Å². The van der Waals surface area contributed by atoms with E-state index in [-0.39, 0.29) is 0 Å². The molecule has 0 saturated carbocycles. The number of carbonyl (C=O) groups excluding carboxylic acids is 3. The zero-order valence-electron chi connectivity index (χ0n) is 15.5. The minimum absolute atomic E-state index is 0.400. The number of aliphatic imine (C=N–C) groups is 1. The van der Waals surface area contributed by atoms with E-state index >= 15 is 0 Å². The number of ether oxygens (including phenoxy) is 1. The van der Waals surface area contributed by atoms with E-state index in [0.29, 0.717) is 12.0 Å². The van der Waals surface area contributed by atoms with Crippen molar-refractivity contribution in [3.63, 3.8) is 0 Å². The summed E-state index contributed by atoms with van der Waals surface area (Å²) in [5, 5.41) is 48.0. The lowest BCUT2D eigenvalue weighted by molar-refractivity contribution is -0.197. The average molecular weight is 401 g/mol. The van der Waals surface area contributed by atoms with Crippen LogP contribution in [0.1, 0.15) is 33.6 Å². The largest absolute Gasteiger partial charge is 0.478 e. The number of aliphatic hydroxyl groups excluding tert-OH is 2. The number of ketones is 3. The number of hydrogen-bond donors (Lipinski definition) is 5. The van der Waals surface area contributed by atoms with Gasteiger partial charge < -0.3 is 30.3 Å². The minimum Gasteiger partial charge on any atom is -0.478 e. The molecule has 0 amide bonds. The van der Waals surface area contributed by atoms with E-state index in [2.05, 4.69) is 9.73 Å². The first-order valence-electron chi connectivity index (χ1n) is 8.24. The van der Waals surface area contributed by atoms with Gasteiger partial charge in [0.1, 0.15) is 12.2 Å². The summed E-state index contributed by atoms with van der Waals surface area (Å²) < 4.78 is 4.68.